The van der Waals surface area contributed by atoms with Crippen LogP contribution in [-0.2, 0) is 16.1 Å². The lowest BCUT2D eigenvalue weighted by atomic mass is 9.89. The first-order chi connectivity index (χ1) is 9.94. The summed E-state index contributed by atoms with van der Waals surface area (Å²) in [5.74, 6) is -0.205. The average Bonchev–Trinajstić information content (AvgIpc) is 2.47. The monoisotopic (exact) mass is 329 g/mol. The average molecular weight is 330 g/mol. The van der Waals surface area contributed by atoms with Crippen LogP contribution < -0.4 is 5.73 Å². The van der Waals surface area contributed by atoms with Gasteiger partial charge in [-0.15, -0.1) is 12.4 Å². The Labute approximate surface area is 135 Å². The second-order valence-corrected chi connectivity index (χ2v) is 5.32. The number of hydrogen-bond donors (Lipinski definition) is 1. The number of nitro benzene ring substituents is 1. The molecule has 122 valence electrons. The summed E-state index contributed by atoms with van der Waals surface area (Å²) in [5.41, 5.74) is 5.72. The van der Waals surface area contributed by atoms with E-state index < -0.39 is 10.5 Å². The minimum absolute atomic E-state index is 0. The fourth-order valence-corrected chi connectivity index (χ4v) is 2.48. The minimum Gasteiger partial charge on any atom is -0.381 e. The molecule has 8 heteroatoms. The molecule has 1 saturated heterocycles. The lowest BCUT2D eigenvalue weighted by Gasteiger charge is -2.35. The summed E-state index contributed by atoms with van der Waals surface area (Å²) in [5, 5.41) is 11.0. The van der Waals surface area contributed by atoms with Crippen molar-refractivity contribution in [3.05, 3.63) is 39.9 Å². The summed E-state index contributed by atoms with van der Waals surface area (Å²) in [6, 6.07) is 6.40. The Hall–Kier alpha value is -1.70. The van der Waals surface area contributed by atoms with E-state index in [2.05, 4.69) is 0 Å². The SMILES string of the molecule is CN(Cc1ccccc1[N+](=O)[O-])C(=O)C1(N)CCOCC1.Cl. The van der Waals surface area contributed by atoms with E-state index >= 15 is 0 Å². The predicted octanol–water partition coefficient (Wildman–Crippen LogP) is 1.48. The van der Waals surface area contributed by atoms with Crippen LogP contribution in [0.15, 0.2) is 24.3 Å². The highest BCUT2D eigenvalue weighted by atomic mass is 35.5. The van der Waals surface area contributed by atoms with Gasteiger partial charge >= 0.3 is 0 Å². The second-order valence-electron chi connectivity index (χ2n) is 5.32. The molecule has 0 atom stereocenters. The number of nitrogens with two attached hydrogens (primary N) is 1. The quantitative estimate of drug-likeness (QED) is 0.666. The van der Waals surface area contributed by atoms with Crippen molar-refractivity contribution < 1.29 is 14.5 Å². The van der Waals surface area contributed by atoms with E-state index in [0.717, 1.165) is 0 Å². The second kappa shape index (κ2) is 7.53. The molecule has 1 aliphatic rings. The van der Waals surface area contributed by atoms with Crippen LogP contribution in [0.3, 0.4) is 0 Å². The smallest absolute Gasteiger partial charge is 0.274 e. The van der Waals surface area contributed by atoms with Gasteiger partial charge in [-0.3, -0.25) is 14.9 Å². The van der Waals surface area contributed by atoms with E-state index in [1.807, 2.05) is 0 Å². The number of ether oxygens (including phenoxy) is 1. The number of benzene rings is 1. The molecule has 0 radical (unpaired) electrons. The van der Waals surface area contributed by atoms with Gasteiger partial charge in [0.1, 0.15) is 0 Å². The molecule has 0 unspecified atom stereocenters. The maximum absolute atomic E-state index is 12.5. The summed E-state index contributed by atoms with van der Waals surface area (Å²) >= 11 is 0. The van der Waals surface area contributed by atoms with Crippen molar-refractivity contribution in [1.29, 1.82) is 0 Å². The van der Waals surface area contributed by atoms with Crippen LogP contribution in [0.4, 0.5) is 5.69 Å². The van der Waals surface area contributed by atoms with Crippen LogP contribution >= 0.6 is 12.4 Å². The summed E-state index contributed by atoms with van der Waals surface area (Å²) in [4.78, 5) is 24.5. The zero-order chi connectivity index (χ0) is 15.5. The molecule has 0 bridgehead atoms. The number of carbonyl (C=O) groups excluding carboxylic acids is 1. The van der Waals surface area contributed by atoms with Crippen LogP contribution in [0.25, 0.3) is 0 Å². The Morgan fingerprint density at radius 3 is 2.59 bits per heavy atom. The standard InChI is InChI=1S/C14H19N3O4.ClH/c1-16(13(18)14(15)6-8-21-9-7-14)10-11-4-2-3-5-12(11)17(19)20;/h2-5H,6-10,15H2,1H3;1H. The molecule has 22 heavy (non-hydrogen) atoms. The Morgan fingerprint density at radius 2 is 2.00 bits per heavy atom. The third-order valence-electron chi connectivity index (χ3n) is 3.75. The molecule has 1 amide bonds. The van der Waals surface area contributed by atoms with Crippen LogP contribution in [0, 0.1) is 10.1 Å². The van der Waals surface area contributed by atoms with E-state index in [1.54, 1.807) is 25.2 Å². The van der Waals surface area contributed by atoms with Crippen molar-refractivity contribution in [2.45, 2.75) is 24.9 Å². The predicted molar refractivity (Wildman–Crippen MR) is 83.8 cm³/mol. The first kappa shape index (κ1) is 18.3. The van der Waals surface area contributed by atoms with E-state index in [0.29, 0.717) is 31.6 Å². The number of nitrogens with zero attached hydrogens (tertiary/aromatic N) is 2. The molecule has 0 spiro atoms. The highest BCUT2D eigenvalue weighted by Gasteiger charge is 2.38. The summed E-state index contributed by atoms with van der Waals surface area (Å²) < 4.78 is 5.22. The molecule has 1 aromatic carbocycles. The number of halogens is 1. The third kappa shape index (κ3) is 3.94. The van der Waals surface area contributed by atoms with Gasteiger partial charge in [-0.05, 0) is 12.8 Å². The zero-order valence-electron chi connectivity index (χ0n) is 12.4. The topological polar surface area (TPSA) is 98.7 Å². The van der Waals surface area contributed by atoms with Gasteiger partial charge in [0.05, 0.1) is 17.0 Å². The lowest BCUT2D eigenvalue weighted by molar-refractivity contribution is -0.385. The molecule has 1 fully saturated rings. The fourth-order valence-electron chi connectivity index (χ4n) is 2.48. The molecule has 7 nitrogen and oxygen atoms in total. The van der Waals surface area contributed by atoms with Crippen molar-refractivity contribution in [2.75, 3.05) is 20.3 Å². The van der Waals surface area contributed by atoms with Gasteiger partial charge < -0.3 is 15.4 Å². The van der Waals surface area contributed by atoms with Gasteiger partial charge in [0, 0.05) is 31.9 Å². The number of para-hydroxylation sites is 1. The Balaban J connectivity index is 0.00000242. The molecular weight excluding hydrogens is 310 g/mol. The number of amides is 1. The third-order valence-corrected chi connectivity index (χ3v) is 3.75. The molecular formula is C14H20ClN3O4. The van der Waals surface area contributed by atoms with Gasteiger partial charge in [-0.25, -0.2) is 0 Å². The first-order valence-electron chi connectivity index (χ1n) is 6.78. The van der Waals surface area contributed by atoms with Crippen molar-refractivity contribution in [3.63, 3.8) is 0 Å². The number of likely N-dealkylation sites (N-methyl/N-ethyl adjacent to an activating group) is 1. The summed E-state index contributed by atoms with van der Waals surface area (Å²) in [7, 11) is 1.61. The van der Waals surface area contributed by atoms with Gasteiger partial charge in [0.15, 0.2) is 0 Å². The van der Waals surface area contributed by atoms with Crippen molar-refractivity contribution >= 4 is 24.0 Å². The van der Waals surface area contributed by atoms with E-state index in [-0.39, 0.29) is 30.5 Å². The number of carbonyl (C=O) groups is 1. The minimum atomic E-state index is -0.934. The summed E-state index contributed by atoms with van der Waals surface area (Å²) in [6.07, 6.45) is 0.931. The molecule has 1 heterocycles. The van der Waals surface area contributed by atoms with E-state index in [9.17, 15) is 14.9 Å². The maximum atomic E-state index is 12.5. The van der Waals surface area contributed by atoms with Gasteiger partial charge in [0.25, 0.3) is 5.69 Å². The molecule has 2 rings (SSSR count). The molecule has 2 N–H and O–H groups in total. The first-order valence-corrected chi connectivity index (χ1v) is 6.78. The molecule has 0 aliphatic carbocycles. The largest absolute Gasteiger partial charge is 0.381 e. The highest BCUT2D eigenvalue weighted by molar-refractivity contribution is 5.86. The fraction of sp³-hybridized carbons (Fsp3) is 0.500. The maximum Gasteiger partial charge on any atom is 0.274 e. The number of nitro groups is 1. The van der Waals surface area contributed by atoms with E-state index in [4.69, 9.17) is 10.5 Å². The normalized spacial score (nSPS) is 16.5. The highest BCUT2D eigenvalue weighted by Crippen LogP contribution is 2.23. The van der Waals surface area contributed by atoms with E-state index in [1.165, 1.54) is 11.0 Å². The number of hydrogen-bond acceptors (Lipinski definition) is 5. The molecule has 1 aliphatic heterocycles. The molecule has 0 aromatic heterocycles. The summed E-state index contributed by atoms with van der Waals surface area (Å²) in [6.45, 7) is 1.08. The molecule has 1 aromatic rings. The lowest BCUT2D eigenvalue weighted by Crippen LogP contribution is -2.57. The Bertz CT molecular complexity index is 547. The Kier molecular flexibility index (Phi) is 6.28. The van der Waals surface area contributed by atoms with Crippen LogP contribution in [0.5, 0.6) is 0 Å². The van der Waals surface area contributed by atoms with Crippen molar-refractivity contribution in [1.82, 2.24) is 4.90 Å². The number of rotatable bonds is 4. The van der Waals surface area contributed by atoms with Gasteiger partial charge in [-0.2, -0.15) is 0 Å². The van der Waals surface area contributed by atoms with Gasteiger partial charge in [-0.1, -0.05) is 18.2 Å². The van der Waals surface area contributed by atoms with Crippen LogP contribution in [0.1, 0.15) is 18.4 Å². The van der Waals surface area contributed by atoms with Crippen LogP contribution in [0.2, 0.25) is 0 Å². The van der Waals surface area contributed by atoms with Crippen LogP contribution in [-0.4, -0.2) is 41.5 Å². The van der Waals surface area contributed by atoms with Crippen molar-refractivity contribution in [2.24, 2.45) is 5.73 Å². The van der Waals surface area contributed by atoms with Crippen molar-refractivity contribution in [3.8, 4) is 0 Å². The van der Waals surface area contributed by atoms with Gasteiger partial charge in [0.2, 0.25) is 5.91 Å². The zero-order valence-corrected chi connectivity index (χ0v) is 13.2. The molecule has 0 saturated carbocycles. The Morgan fingerprint density at radius 1 is 1.41 bits per heavy atom.